The summed E-state index contributed by atoms with van der Waals surface area (Å²) in [5, 5.41) is 7.45. The number of amides is 1. The third-order valence-corrected chi connectivity index (χ3v) is 4.39. The van der Waals surface area contributed by atoms with Crippen molar-refractivity contribution in [1.29, 1.82) is 0 Å². The van der Waals surface area contributed by atoms with Crippen molar-refractivity contribution in [3.63, 3.8) is 0 Å². The van der Waals surface area contributed by atoms with E-state index in [9.17, 15) is 4.79 Å². The second kappa shape index (κ2) is 8.55. The molecule has 0 bridgehead atoms. The maximum atomic E-state index is 12.1. The van der Waals surface area contributed by atoms with Gasteiger partial charge in [-0.2, -0.15) is 5.10 Å². The molecule has 3 rings (SSSR count). The first-order valence-corrected chi connectivity index (χ1v) is 9.56. The van der Waals surface area contributed by atoms with E-state index < -0.39 is 5.60 Å². The van der Waals surface area contributed by atoms with Crippen molar-refractivity contribution in [2.24, 2.45) is 7.05 Å². The van der Waals surface area contributed by atoms with Gasteiger partial charge in [0.1, 0.15) is 5.60 Å². The van der Waals surface area contributed by atoms with Crippen LogP contribution in [0.25, 0.3) is 11.3 Å². The molecule has 1 amide bonds. The molecule has 0 spiro atoms. The van der Waals surface area contributed by atoms with Crippen molar-refractivity contribution in [1.82, 2.24) is 29.5 Å². The normalized spacial score (nSPS) is 15.5. The van der Waals surface area contributed by atoms with Crippen molar-refractivity contribution in [3.8, 4) is 11.3 Å². The molecule has 0 unspecified atom stereocenters. The monoisotopic (exact) mass is 387 g/mol. The molecule has 0 aromatic carbocycles. The Morgan fingerprint density at radius 1 is 1.25 bits per heavy atom. The van der Waals surface area contributed by atoms with Crippen LogP contribution in [0.2, 0.25) is 0 Å². The highest BCUT2D eigenvalue weighted by atomic mass is 16.6. The van der Waals surface area contributed by atoms with Crippen LogP contribution in [0.15, 0.2) is 24.7 Å². The number of carbonyl (C=O) groups is 1. The Kier molecular flexibility index (Phi) is 6.13. The molecule has 9 heteroatoms. The number of piperazine rings is 1. The predicted octanol–water partition coefficient (Wildman–Crippen LogP) is 1.84. The molecule has 0 saturated carbocycles. The number of aromatic nitrogens is 4. The zero-order valence-corrected chi connectivity index (χ0v) is 17.1. The maximum Gasteiger partial charge on any atom is 0.410 e. The van der Waals surface area contributed by atoms with Gasteiger partial charge in [0.05, 0.1) is 11.9 Å². The van der Waals surface area contributed by atoms with Crippen LogP contribution in [0.5, 0.6) is 0 Å². The van der Waals surface area contributed by atoms with Crippen LogP contribution < -0.4 is 5.32 Å². The lowest BCUT2D eigenvalue weighted by Crippen LogP contribution is -2.50. The molecule has 1 N–H and O–H groups in total. The number of anilines is 1. The number of nitrogens with zero attached hydrogens (tertiary/aromatic N) is 6. The van der Waals surface area contributed by atoms with E-state index in [1.807, 2.05) is 40.1 Å². The smallest absolute Gasteiger partial charge is 0.410 e. The standard InChI is InChI=1S/C19H29N7O2/c1-19(2,3)28-18(27)26-11-9-25(10-12-26)8-7-21-17-20-6-5-16(23-17)15-13-22-24(4)14-15/h5-6,13-14H,7-12H2,1-4H3,(H,20,21,23). The quantitative estimate of drug-likeness (QED) is 0.837. The third-order valence-electron chi connectivity index (χ3n) is 4.39. The largest absolute Gasteiger partial charge is 0.444 e. The number of nitrogens with one attached hydrogen (secondary N) is 1. The van der Waals surface area contributed by atoms with E-state index in [0.717, 1.165) is 37.4 Å². The van der Waals surface area contributed by atoms with Gasteiger partial charge in [-0.3, -0.25) is 9.58 Å². The number of hydrogen-bond acceptors (Lipinski definition) is 7. The van der Waals surface area contributed by atoms with E-state index in [0.29, 0.717) is 19.0 Å². The van der Waals surface area contributed by atoms with Crippen LogP contribution in [-0.2, 0) is 11.8 Å². The van der Waals surface area contributed by atoms with Crippen LogP contribution in [0.1, 0.15) is 20.8 Å². The fourth-order valence-electron chi connectivity index (χ4n) is 2.96. The van der Waals surface area contributed by atoms with Crippen molar-refractivity contribution in [2.45, 2.75) is 26.4 Å². The van der Waals surface area contributed by atoms with Crippen LogP contribution in [0, 0.1) is 0 Å². The minimum atomic E-state index is -0.456. The molecule has 152 valence electrons. The Morgan fingerprint density at radius 2 is 2.00 bits per heavy atom. The number of rotatable bonds is 5. The minimum Gasteiger partial charge on any atom is -0.444 e. The molecule has 1 aliphatic heterocycles. The number of ether oxygens (including phenoxy) is 1. The summed E-state index contributed by atoms with van der Waals surface area (Å²) in [6, 6.07) is 1.87. The highest BCUT2D eigenvalue weighted by molar-refractivity contribution is 5.68. The molecule has 2 aromatic rings. The predicted molar refractivity (Wildman–Crippen MR) is 107 cm³/mol. The molecule has 0 atom stereocenters. The first-order valence-electron chi connectivity index (χ1n) is 9.56. The summed E-state index contributed by atoms with van der Waals surface area (Å²) in [5.74, 6) is 0.605. The molecular formula is C19H29N7O2. The average molecular weight is 387 g/mol. The van der Waals surface area contributed by atoms with E-state index in [-0.39, 0.29) is 6.09 Å². The minimum absolute atomic E-state index is 0.231. The Balaban J connectivity index is 1.42. The van der Waals surface area contributed by atoms with Gasteiger partial charge < -0.3 is 15.0 Å². The molecule has 0 aliphatic carbocycles. The van der Waals surface area contributed by atoms with Crippen molar-refractivity contribution in [2.75, 3.05) is 44.6 Å². The second-order valence-electron chi connectivity index (χ2n) is 7.90. The molecular weight excluding hydrogens is 358 g/mol. The van der Waals surface area contributed by atoms with Crippen molar-refractivity contribution < 1.29 is 9.53 Å². The van der Waals surface area contributed by atoms with Crippen LogP contribution in [0.4, 0.5) is 10.7 Å². The summed E-state index contributed by atoms with van der Waals surface area (Å²) >= 11 is 0. The van der Waals surface area contributed by atoms with Gasteiger partial charge in [0.15, 0.2) is 0 Å². The van der Waals surface area contributed by atoms with E-state index in [1.165, 1.54) is 0 Å². The zero-order chi connectivity index (χ0) is 20.1. The van der Waals surface area contributed by atoms with E-state index in [1.54, 1.807) is 22.0 Å². The highest BCUT2D eigenvalue weighted by Crippen LogP contribution is 2.16. The van der Waals surface area contributed by atoms with Gasteiger partial charge in [-0.25, -0.2) is 14.8 Å². The lowest BCUT2D eigenvalue weighted by Gasteiger charge is -2.35. The van der Waals surface area contributed by atoms with Crippen LogP contribution in [-0.4, -0.2) is 80.5 Å². The van der Waals surface area contributed by atoms with E-state index >= 15 is 0 Å². The van der Waals surface area contributed by atoms with Crippen LogP contribution in [0.3, 0.4) is 0 Å². The number of aryl methyl sites for hydroxylation is 1. The maximum absolute atomic E-state index is 12.1. The summed E-state index contributed by atoms with van der Waals surface area (Å²) in [6.07, 6.45) is 5.23. The topological polar surface area (TPSA) is 88.4 Å². The number of hydrogen-bond donors (Lipinski definition) is 1. The van der Waals surface area contributed by atoms with Gasteiger partial charge in [-0.05, 0) is 26.8 Å². The lowest BCUT2D eigenvalue weighted by atomic mass is 10.2. The molecule has 2 aromatic heterocycles. The summed E-state index contributed by atoms with van der Waals surface area (Å²) in [7, 11) is 1.88. The Bertz CT molecular complexity index is 792. The number of carbonyl (C=O) groups excluding carboxylic acids is 1. The van der Waals surface area contributed by atoms with E-state index in [2.05, 4.69) is 25.3 Å². The summed E-state index contributed by atoms with van der Waals surface area (Å²) < 4.78 is 7.19. The molecule has 9 nitrogen and oxygen atoms in total. The third kappa shape index (κ3) is 5.66. The van der Waals surface area contributed by atoms with Gasteiger partial charge in [0.2, 0.25) is 5.95 Å². The molecule has 1 saturated heterocycles. The fourth-order valence-corrected chi connectivity index (χ4v) is 2.96. The Morgan fingerprint density at radius 3 is 2.64 bits per heavy atom. The molecule has 0 radical (unpaired) electrons. The van der Waals surface area contributed by atoms with Gasteiger partial charge >= 0.3 is 6.09 Å². The van der Waals surface area contributed by atoms with Gasteiger partial charge in [-0.15, -0.1) is 0 Å². The average Bonchev–Trinajstić information content (AvgIpc) is 3.08. The Hall–Kier alpha value is -2.68. The lowest BCUT2D eigenvalue weighted by molar-refractivity contribution is 0.0148. The summed E-state index contributed by atoms with van der Waals surface area (Å²) in [5.41, 5.74) is 1.35. The van der Waals surface area contributed by atoms with Gasteiger partial charge in [0.25, 0.3) is 0 Å². The first kappa shape index (κ1) is 20.1. The zero-order valence-electron chi connectivity index (χ0n) is 17.1. The molecule has 1 aliphatic rings. The van der Waals surface area contributed by atoms with Gasteiger partial charge in [0, 0.05) is 64.3 Å². The summed E-state index contributed by atoms with van der Waals surface area (Å²) in [4.78, 5) is 25.0. The van der Waals surface area contributed by atoms with Crippen molar-refractivity contribution >= 4 is 12.0 Å². The first-order chi connectivity index (χ1) is 13.3. The Labute approximate surface area is 165 Å². The SMILES string of the molecule is Cn1cc(-c2ccnc(NCCN3CCN(C(=O)OC(C)(C)C)CC3)n2)cn1. The molecule has 1 fully saturated rings. The fraction of sp³-hybridized carbons (Fsp3) is 0.579. The highest BCUT2D eigenvalue weighted by Gasteiger charge is 2.25. The molecule has 28 heavy (non-hydrogen) atoms. The van der Waals surface area contributed by atoms with E-state index in [4.69, 9.17) is 4.74 Å². The van der Waals surface area contributed by atoms with Gasteiger partial charge in [-0.1, -0.05) is 0 Å². The summed E-state index contributed by atoms with van der Waals surface area (Å²) in [6.45, 7) is 10.3. The van der Waals surface area contributed by atoms with Crippen LogP contribution >= 0.6 is 0 Å². The van der Waals surface area contributed by atoms with Crippen molar-refractivity contribution in [3.05, 3.63) is 24.7 Å². The second-order valence-corrected chi connectivity index (χ2v) is 7.90. The molecule has 3 heterocycles.